The molecule has 0 saturated carbocycles. The predicted octanol–water partition coefficient (Wildman–Crippen LogP) is 3.97. The SMILES string of the molecule is CCOc1ccc(S(=O)(=O)Nc2ccc3c(c2)N(CC)C(=O)C(C)(C)CO3)cc1C. The smallest absolute Gasteiger partial charge is 0.261 e. The zero-order valence-corrected chi connectivity index (χ0v) is 18.8. The third-order valence-corrected chi connectivity index (χ3v) is 6.37. The number of carbonyl (C=O) groups excluding carboxylic acids is 1. The van der Waals surface area contributed by atoms with Gasteiger partial charge in [-0.1, -0.05) is 0 Å². The number of sulfonamides is 1. The lowest BCUT2D eigenvalue weighted by Gasteiger charge is -2.27. The van der Waals surface area contributed by atoms with Crippen molar-refractivity contribution in [2.24, 2.45) is 5.41 Å². The van der Waals surface area contributed by atoms with Gasteiger partial charge in [0.25, 0.3) is 10.0 Å². The summed E-state index contributed by atoms with van der Waals surface area (Å²) in [6, 6.07) is 9.69. The fourth-order valence-corrected chi connectivity index (χ4v) is 4.48. The highest BCUT2D eigenvalue weighted by Crippen LogP contribution is 2.38. The summed E-state index contributed by atoms with van der Waals surface area (Å²) in [5.41, 5.74) is 0.972. The van der Waals surface area contributed by atoms with Crippen LogP contribution in [0.15, 0.2) is 41.3 Å². The van der Waals surface area contributed by atoms with E-state index in [1.54, 1.807) is 42.2 Å². The second-order valence-electron chi connectivity index (χ2n) is 7.87. The number of fused-ring (bicyclic) bond motifs is 1. The van der Waals surface area contributed by atoms with Gasteiger partial charge >= 0.3 is 0 Å². The number of nitrogens with one attached hydrogen (secondary N) is 1. The van der Waals surface area contributed by atoms with Gasteiger partial charge in [-0.2, -0.15) is 0 Å². The van der Waals surface area contributed by atoms with Crippen LogP contribution >= 0.6 is 0 Å². The zero-order chi connectivity index (χ0) is 22.1. The van der Waals surface area contributed by atoms with Crippen LogP contribution in [0.25, 0.3) is 0 Å². The summed E-state index contributed by atoms with van der Waals surface area (Å²) < 4.78 is 39.7. The van der Waals surface area contributed by atoms with Crippen molar-refractivity contribution in [1.29, 1.82) is 0 Å². The summed E-state index contributed by atoms with van der Waals surface area (Å²) >= 11 is 0. The number of carbonyl (C=O) groups is 1. The Kier molecular flexibility index (Phi) is 5.99. The third-order valence-electron chi connectivity index (χ3n) is 4.99. The van der Waals surface area contributed by atoms with E-state index in [2.05, 4.69) is 4.72 Å². The van der Waals surface area contributed by atoms with Crippen molar-refractivity contribution in [2.45, 2.75) is 39.5 Å². The van der Waals surface area contributed by atoms with Crippen LogP contribution in [0.2, 0.25) is 0 Å². The fraction of sp³-hybridized carbons (Fsp3) is 0.409. The molecular weight excluding hydrogens is 404 g/mol. The minimum absolute atomic E-state index is 0.0640. The molecule has 7 nitrogen and oxygen atoms in total. The first kappa shape index (κ1) is 22.0. The summed E-state index contributed by atoms with van der Waals surface area (Å²) in [7, 11) is -3.81. The van der Waals surface area contributed by atoms with Gasteiger partial charge in [0.05, 0.1) is 28.3 Å². The number of nitrogens with zero attached hydrogens (tertiary/aromatic N) is 1. The van der Waals surface area contributed by atoms with Gasteiger partial charge in [-0.05, 0) is 76.6 Å². The van der Waals surface area contributed by atoms with Gasteiger partial charge < -0.3 is 14.4 Å². The van der Waals surface area contributed by atoms with Crippen LogP contribution in [0.4, 0.5) is 11.4 Å². The summed E-state index contributed by atoms with van der Waals surface area (Å²) in [6.45, 7) is 10.4. The van der Waals surface area contributed by atoms with E-state index in [9.17, 15) is 13.2 Å². The minimum atomic E-state index is -3.81. The molecule has 0 spiro atoms. The van der Waals surface area contributed by atoms with Crippen molar-refractivity contribution in [1.82, 2.24) is 0 Å². The van der Waals surface area contributed by atoms with Crippen molar-refractivity contribution >= 4 is 27.3 Å². The van der Waals surface area contributed by atoms with E-state index in [1.165, 1.54) is 6.07 Å². The molecule has 30 heavy (non-hydrogen) atoms. The quantitative estimate of drug-likeness (QED) is 0.747. The maximum atomic E-state index is 12.9. The molecule has 8 heteroatoms. The van der Waals surface area contributed by atoms with Gasteiger partial charge in [0, 0.05) is 6.54 Å². The van der Waals surface area contributed by atoms with Gasteiger partial charge in [-0.15, -0.1) is 0 Å². The lowest BCUT2D eigenvalue weighted by atomic mass is 9.93. The van der Waals surface area contributed by atoms with Crippen molar-refractivity contribution in [3.8, 4) is 11.5 Å². The third kappa shape index (κ3) is 4.23. The molecule has 1 heterocycles. The first-order chi connectivity index (χ1) is 14.1. The van der Waals surface area contributed by atoms with E-state index in [0.29, 0.717) is 36.0 Å². The van der Waals surface area contributed by atoms with Gasteiger partial charge in [-0.3, -0.25) is 9.52 Å². The van der Waals surface area contributed by atoms with Crippen molar-refractivity contribution in [2.75, 3.05) is 29.4 Å². The lowest BCUT2D eigenvalue weighted by Crippen LogP contribution is -2.42. The molecule has 0 aromatic heterocycles. The first-order valence-corrected chi connectivity index (χ1v) is 11.4. The van der Waals surface area contributed by atoms with Crippen LogP contribution in [0, 0.1) is 12.3 Å². The van der Waals surface area contributed by atoms with E-state index < -0.39 is 15.4 Å². The second kappa shape index (κ2) is 8.18. The molecule has 2 aromatic rings. The second-order valence-corrected chi connectivity index (χ2v) is 9.55. The maximum absolute atomic E-state index is 12.9. The van der Waals surface area contributed by atoms with Crippen molar-refractivity contribution in [3.05, 3.63) is 42.0 Å². The maximum Gasteiger partial charge on any atom is 0.261 e. The highest BCUT2D eigenvalue weighted by atomic mass is 32.2. The number of amides is 1. The van der Waals surface area contributed by atoms with Gasteiger partial charge in [0.15, 0.2) is 0 Å². The van der Waals surface area contributed by atoms with Crippen LogP contribution in [0.5, 0.6) is 11.5 Å². The number of rotatable bonds is 6. The van der Waals surface area contributed by atoms with Crippen LogP contribution < -0.4 is 19.1 Å². The number of hydrogen-bond donors (Lipinski definition) is 1. The molecule has 0 unspecified atom stereocenters. The van der Waals surface area contributed by atoms with Crippen LogP contribution in [0.3, 0.4) is 0 Å². The molecule has 0 aliphatic carbocycles. The highest BCUT2D eigenvalue weighted by molar-refractivity contribution is 7.92. The summed E-state index contributed by atoms with van der Waals surface area (Å²) in [6.07, 6.45) is 0. The zero-order valence-electron chi connectivity index (χ0n) is 18.0. The van der Waals surface area contributed by atoms with Crippen LogP contribution in [0.1, 0.15) is 33.3 Å². The van der Waals surface area contributed by atoms with Gasteiger partial charge in [0.2, 0.25) is 5.91 Å². The van der Waals surface area contributed by atoms with Crippen LogP contribution in [-0.2, 0) is 14.8 Å². The molecule has 0 bridgehead atoms. The molecule has 1 amide bonds. The summed E-state index contributed by atoms with van der Waals surface area (Å²) in [4.78, 5) is 14.7. The average molecular weight is 433 g/mol. The Morgan fingerprint density at radius 2 is 1.90 bits per heavy atom. The Labute approximate surface area is 178 Å². The topological polar surface area (TPSA) is 84.9 Å². The molecular formula is C22H28N2O5S. The fourth-order valence-electron chi connectivity index (χ4n) is 3.34. The summed E-state index contributed by atoms with van der Waals surface area (Å²) in [5.74, 6) is 1.14. The Morgan fingerprint density at radius 3 is 2.53 bits per heavy atom. The van der Waals surface area contributed by atoms with Crippen molar-refractivity contribution in [3.63, 3.8) is 0 Å². The molecule has 162 valence electrons. The minimum Gasteiger partial charge on any atom is -0.494 e. The number of ether oxygens (including phenoxy) is 2. The molecule has 3 rings (SSSR count). The van der Waals surface area contributed by atoms with Gasteiger partial charge in [-0.25, -0.2) is 8.42 Å². The molecule has 0 fully saturated rings. The van der Waals surface area contributed by atoms with E-state index in [4.69, 9.17) is 9.47 Å². The molecule has 1 aliphatic rings. The molecule has 0 atom stereocenters. The Hall–Kier alpha value is -2.74. The monoisotopic (exact) mass is 432 g/mol. The van der Waals surface area contributed by atoms with Gasteiger partial charge in [0.1, 0.15) is 18.1 Å². The summed E-state index contributed by atoms with van der Waals surface area (Å²) in [5, 5.41) is 0. The van der Waals surface area contributed by atoms with E-state index >= 15 is 0 Å². The lowest BCUT2D eigenvalue weighted by molar-refractivity contribution is -0.127. The van der Waals surface area contributed by atoms with E-state index in [0.717, 1.165) is 5.56 Å². The largest absolute Gasteiger partial charge is 0.494 e. The molecule has 1 N–H and O–H groups in total. The number of aryl methyl sites for hydroxylation is 1. The standard InChI is InChI=1S/C22H28N2O5S/c1-6-24-18-13-16(8-10-20(18)29-14-22(4,5)21(24)25)23-30(26,27)17-9-11-19(28-7-2)15(3)12-17/h8-13,23H,6-7,14H2,1-5H3. The molecule has 0 radical (unpaired) electrons. The number of benzene rings is 2. The first-order valence-electron chi connectivity index (χ1n) is 9.94. The van der Waals surface area contributed by atoms with Crippen LogP contribution in [-0.4, -0.2) is 34.1 Å². The Bertz CT molecular complexity index is 1060. The number of hydrogen-bond acceptors (Lipinski definition) is 5. The van der Waals surface area contributed by atoms with Crippen molar-refractivity contribution < 1.29 is 22.7 Å². The molecule has 2 aromatic carbocycles. The predicted molar refractivity (Wildman–Crippen MR) is 117 cm³/mol. The number of anilines is 2. The Balaban J connectivity index is 1.93. The Morgan fingerprint density at radius 1 is 1.17 bits per heavy atom. The van der Waals surface area contributed by atoms with E-state index in [-0.39, 0.29) is 17.4 Å². The van der Waals surface area contributed by atoms with E-state index in [1.807, 2.05) is 27.7 Å². The highest BCUT2D eigenvalue weighted by Gasteiger charge is 2.37. The average Bonchev–Trinajstić information content (AvgIpc) is 2.77. The normalized spacial score (nSPS) is 15.8. The molecule has 1 aliphatic heterocycles. The molecule has 0 saturated heterocycles.